The predicted molar refractivity (Wildman–Crippen MR) is 66.5 cm³/mol. The van der Waals surface area contributed by atoms with E-state index in [0.717, 1.165) is 0 Å². The highest BCUT2D eigenvalue weighted by Gasteiger charge is 2.85. The summed E-state index contributed by atoms with van der Waals surface area (Å²) in [6, 6.07) is 0. The van der Waals surface area contributed by atoms with Crippen LogP contribution in [0.4, 0.5) is 44.3 Å². The van der Waals surface area contributed by atoms with Gasteiger partial charge in [0.1, 0.15) is 6.10 Å². The molecule has 1 saturated carbocycles. The molecule has 0 aromatic heterocycles. The van der Waals surface area contributed by atoms with E-state index < -0.39 is 36.3 Å². The Morgan fingerprint density at radius 1 is 0.840 bits per heavy atom. The fourth-order valence-corrected chi connectivity index (χ4v) is 2.63. The summed E-state index contributed by atoms with van der Waals surface area (Å²) >= 11 is 0. The summed E-state index contributed by atoms with van der Waals surface area (Å²) in [6.45, 7) is 3.58. The molecule has 3 nitrogen and oxygen atoms in total. The third-order valence-electron chi connectivity index (χ3n) is 4.39. The maximum atomic E-state index is 12.7. The van der Waals surface area contributed by atoms with Crippen LogP contribution >= 0.6 is 0 Å². The van der Waals surface area contributed by atoms with E-state index in [1.54, 1.807) is 6.92 Å². The van der Waals surface area contributed by atoms with Gasteiger partial charge in [-0.05, 0) is 31.1 Å². The lowest BCUT2D eigenvalue weighted by Crippen LogP contribution is -2.75. The normalized spacial score (nSPS) is 26.3. The molecular weight excluding hydrogens is 373 g/mol. The Labute approximate surface area is 136 Å². The van der Waals surface area contributed by atoms with Crippen LogP contribution in [0.15, 0.2) is 0 Å². The summed E-state index contributed by atoms with van der Waals surface area (Å²) in [6.07, 6.45) is -23.3. The van der Waals surface area contributed by atoms with Gasteiger partial charge in [0.15, 0.2) is 0 Å². The molecule has 1 rings (SSSR count). The lowest BCUT2D eigenvalue weighted by Gasteiger charge is -2.39. The predicted octanol–water partition coefficient (Wildman–Crippen LogP) is 4.96. The van der Waals surface area contributed by atoms with Crippen molar-refractivity contribution in [2.75, 3.05) is 0 Å². The molecular formula is C13H16F9NO2. The van der Waals surface area contributed by atoms with Crippen molar-refractivity contribution < 1.29 is 49.0 Å². The van der Waals surface area contributed by atoms with E-state index in [1.165, 1.54) is 0 Å². The van der Waals surface area contributed by atoms with E-state index in [-0.39, 0.29) is 30.0 Å². The van der Waals surface area contributed by atoms with Gasteiger partial charge >= 0.3 is 30.2 Å². The van der Waals surface area contributed by atoms with Gasteiger partial charge in [0.05, 0.1) is 0 Å². The van der Waals surface area contributed by atoms with Crippen molar-refractivity contribution >= 4 is 6.09 Å². The molecule has 0 saturated heterocycles. The molecule has 0 unspecified atom stereocenters. The van der Waals surface area contributed by atoms with Gasteiger partial charge in [-0.3, -0.25) is 5.32 Å². The smallest absolute Gasteiger partial charge is 0.429 e. The van der Waals surface area contributed by atoms with Crippen molar-refractivity contribution in [3.8, 4) is 0 Å². The van der Waals surface area contributed by atoms with Gasteiger partial charge in [-0.15, -0.1) is 0 Å². The summed E-state index contributed by atoms with van der Waals surface area (Å²) in [7, 11) is 0. The number of carbonyl (C=O) groups excluding carboxylic acids is 1. The third kappa shape index (κ3) is 4.25. The quantitative estimate of drug-likeness (QED) is 0.678. The van der Waals surface area contributed by atoms with Crippen LogP contribution in [0.25, 0.3) is 0 Å². The number of alkyl halides is 9. The molecule has 1 aliphatic rings. The van der Waals surface area contributed by atoms with Gasteiger partial charge < -0.3 is 4.74 Å². The Balaban J connectivity index is 3.05. The first-order valence-corrected chi connectivity index (χ1v) is 7.22. The molecule has 0 radical (unpaired) electrons. The first-order chi connectivity index (χ1) is 11.0. The maximum Gasteiger partial charge on any atom is 0.429 e. The summed E-state index contributed by atoms with van der Waals surface area (Å²) in [5.41, 5.74) is -6.41. The minimum atomic E-state index is -6.86. The van der Waals surface area contributed by atoms with Crippen molar-refractivity contribution in [2.24, 2.45) is 11.8 Å². The number of hydrogen-bond acceptors (Lipinski definition) is 2. The fourth-order valence-electron chi connectivity index (χ4n) is 2.63. The molecule has 1 N–H and O–H groups in total. The standard InChI is InChI=1S/C13H16F9NO2/c1-6-3-4-8(5-7(6)2)25-9(24)23-10(11(14,15)16,12(17,18)19)13(20,21)22/h6-8H,3-5H2,1-2H3,(H,23,24)/t6-,7-,8-/m0/s1. The number of halogens is 9. The number of rotatable bonds is 2. The minimum absolute atomic E-state index is 0.0124. The van der Waals surface area contributed by atoms with Crippen LogP contribution in [-0.4, -0.2) is 36.3 Å². The third-order valence-corrected chi connectivity index (χ3v) is 4.39. The summed E-state index contributed by atoms with van der Waals surface area (Å²) < 4.78 is 119. The first-order valence-electron chi connectivity index (χ1n) is 7.22. The highest BCUT2D eigenvalue weighted by Crippen LogP contribution is 2.52. The van der Waals surface area contributed by atoms with Gasteiger partial charge in [0, 0.05) is 0 Å². The van der Waals surface area contributed by atoms with Gasteiger partial charge in [-0.2, -0.15) is 39.5 Å². The van der Waals surface area contributed by atoms with Crippen LogP contribution in [-0.2, 0) is 4.74 Å². The fraction of sp³-hybridized carbons (Fsp3) is 0.923. The van der Waals surface area contributed by atoms with Crippen LogP contribution < -0.4 is 5.32 Å². The molecule has 0 bridgehead atoms. The molecule has 1 amide bonds. The Kier molecular flexibility index (Phi) is 5.85. The molecule has 3 atom stereocenters. The second-order valence-corrected chi connectivity index (χ2v) is 6.16. The first kappa shape index (κ1) is 21.7. The molecule has 148 valence electrons. The second kappa shape index (κ2) is 6.75. The number of amides is 1. The molecule has 25 heavy (non-hydrogen) atoms. The van der Waals surface area contributed by atoms with Gasteiger partial charge in [-0.25, -0.2) is 4.79 Å². The number of carbonyl (C=O) groups is 1. The van der Waals surface area contributed by atoms with E-state index in [9.17, 15) is 44.3 Å². The minimum Gasteiger partial charge on any atom is -0.446 e. The molecule has 1 fully saturated rings. The Bertz CT molecular complexity index is 447. The number of nitrogens with one attached hydrogen (secondary N) is 1. The topological polar surface area (TPSA) is 38.3 Å². The van der Waals surface area contributed by atoms with Crippen molar-refractivity contribution in [2.45, 2.75) is 63.3 Å². The SMILES string of the molecule is C[C@H]1CC[C@H](OC(=O)NC(C(F)(F)F)(C(F)(F)F)C(F)(F)F)C[C@@H]1C. The largest absolute Gasteiger partial charge is 0.446 e. The number of ether oxygens (including phenoxy) is 1. The highest BCUT2D eigenvalue weighted by molar-refractivity contribution is 5.69. The monoisotopic (exact) mass is 389 g/mol. The lowest BCUT2D eigenvalue weighted by atomic mass is 9.80. The van der Waals surface area contributed by atoms with E-state index in [0.29, 0.717) is 6.42 Å². The van der Waals surface area contributed by atoms with E-state index in [2.05, 4.69) is 4.74 Å². The van der Waals surface area contributed by atoms with Gasteiger partial charge in [0.25, 0.3) is 0 Å². The maximum absolute atomic E-state index is 12.7. The second-order valence-electron chi connectivity index (χ2n) is 6.16. The van der Waals surface area contributed by atoms with Crippen molar-refractivity contribution in [3.05, 3.63) is 0 Å². The summed E-state index contributed by atoms with van der Waals surface area (Å²) in [5.74, 6) is 0.131. The molecule has 0 aliphatic heterocycles. The van der Waals surface area contributed by atoms with Crippen LogP contribution in [0.2, 0.25) is 0 Å². The summed E-state index contributed by atoms with van der Waals surface area (Å²) in [5, 5.41) is -0.0124. The molecule has 0 spiro atoms. The molecule has 0 aromatic carbocycles. The average Bonchev–Trinajstić information content (AvgIpc) is 2.36. The zero-order valence-corrected chi connectivity index (χ0v) is 13.1. The van der Waals surface area contributed by atoms with Crippen LogP contribution in [0.5, 0.6) is 0 Å². The van der Waals surface area contributed by atoms with Gasteiger partial charge in [-0.1, -0.05) is 13.8 Å². The van der Waals surface area contributed by atoms with Crippen LogP contribution in [0, 0.1) is 11.8 Å². The molecule has 12 heteroatoms. The van der Waals surface area contributed by atoms with Gasteiger partial charge in [0.2, 0.25) is 0 Å². The molecule has 1 aliphatic carbocycles. The molecule has 0 heterocycles. The van der Waals surface area contributed by atoms with Crippen LogP contribution in [0.3, 0.4) is 0 Å². The Hall–Kier alpha value is -1.36. The van der Waals surface area contributed by atoms with Crippen LogP contribution in [0.1, 0.15) is 33.1 Å². The average molecular weight is 389 g/mol. The van der Waals surface area contributed by atoms with E-state index in [1.807, 2.05) is 6.92 Å². The summed E-state index contributed by atoms with van der Waals surface area (Å²) in [4.78, 5) is 11.4. The number of alkyl carbamates (subject to hydrolysis) is 1. The Morgan fingerprint density at radius 3 is 1.64 bits per heavy atom. The lowest BCUT2D eigenvalue weighted by molar-refractivity contribution is -0.387. The van der Waals surface area contributed by atoms with Crippen molar-refractivity contribution in [3.63, 3.8) is 0 Å². The zero-order chi connectivity index (χ0) is 19.8. The van der Waals surface area contributed by atoms with E-state index >= 15 is 0 Å². The highest BCUT2D eigenvalue weighted by atomic mass is 19.4. The zero-order valence-electron chi connectivity index (χ0n) is 13.1. The molecule has 0 aromatic rings. The number of hydrogen-bond donors (Lipinski definition) is 1. The van der Waals surface area contributed by atoms with E-state index in [4.69, 9.17) is 0 Å². The van der Waals surface area contributed by atoms with Crippen molar-refractivity contribution in [1.82, 2.24) is 5.32 Å². The van der Waals surface area contributed by atoms with Crippen molar-refractivity contribution in [1.29, 1.82) is 0 Å². The Morgan fingerprint density at radius 2 is 1.28 bits per heavy atom.